The maximum atomic E-state index is 11.7. The second-order valence-corrected chi connectivity index (χ2v) is 5.18. The number of nitrogens with one attached hydrogen (secondary N) is 1. The van der Waals surface area contributed by atoms with Crippen LogP contribution in [-0.2, 0) is 20.8 Å². The lowest BCUT2D eigenvalue weighted by Crippen LogP contribution is -2.34. The molecule has 1 saturated heterocycles. The molecule has 2 heterocycles. The summed E-state index contributed by atoms with van der Waals surface area (Å²) in [7, 11) is 0. The molecule has 1 aromatic rings. The Bertz CT molecular complexity index is 532. The lowest BCUT2D eigenvalue weighted by Gasteiger charge is -2.14. The molecule has 0 spiro atoms. The average molecular weight is 295 g/mol. The Labute approximate surface area is 119 Å². The molecule has 106 valence electrons. The summed E-state index contributed by atoms with van der Waals surface area (Å²) in [5.41, 5.74) is 0.894. The number of pyridine rings is 1. The van der Waals surface area contributed by atoms with E-state index >= 15 is 0 Å². The molecule has 20 heavy (non-hydrogen) atoms. The van der Waals surface area contributed by atoms with E-state index in [0.29, 0.717) is 23.0 Å². The number of carbonyl (C=O) groups excluding carboxylic acids is 2. The standard InChI is InChI=1S/C12H13N3O4S/c16-10(5-15-7-20-6-11(15)17)14-9-2-1-8(13-4-9)3-12(18)19/h1-2,4H,3,5-7H2,(H,14,16)(H,18,19). The van der Waals surface area contributed by atoms with Crippen LogP contribution in [0.15, 0.2) is 18.3 Å². The summed E-state index contributed by atoms with van der Waals surface area (Å²) < 4.78 is 0. The van der Waals surface area contributed by atoms with Gasteiger partial charge in [0.15, 0.2) is 0 Å². The summed E-state index contributed by atoms with van der Waals surface area (Å²) >= 11 is 1.47. The van der Waals surface area contributed by atoms with Gasteiger partial charge in [0.25, 0.3) is 0 Å². The van der Waals surface area contributed by atoms with Crippen LogP contribution in [0.2, 0.25) is 0 Å². The van der Waals surface area contributed by atoms with E-state index in [-0.39, 0.29) is 24.8 Å². The van der Waals surface area contributed by atoms with Crippen molar-refractivity contribution in [3.8, 4) is 0 Å². The van der Waals surface area contributed by atoms with E-state index in [2.05, 4.69) is 10.3 Å². The summed E-state index contributed by atoms with van der Waals surface area (Å²) in [5, 5.41) is 11.2. The van der Waals surface area contributed by atoms with Gasteiger partial charge in [0.05, 0.1) is 35.6 Å². The molecule has 2 N–H and O–H groups in total. The summed E-state index contributed by atoms with van der Waals surface area (Å²) in [6.45, 7) is 0.0166. The Morgan fingerprint density at radius 2 is 2.25 bits per heavy atom. The van der Waals surface area contributed by atoms with Gasteiger partial charge in [-0.15, -0.1) is 11.8 Å². The molecule has 1 aromatic heterocycles. The minimum atomic E-state index is -0.959. The van der Waals surface area contributed by atoms with Gasteiger partial charge in [-0.2, -0.15) is 0 Å². The van der Waals surface area contributed by atoms with Crippen LogP contribution >= 0.6 is 11.8 Å². The second kappa shape index (κ2) is 6.38. The number of aliphatic carboxylic acids is 1. The van der Waals surface area contributed by atoms with Crippen molar-refractivity contribution < 1.29 is 19.5 Å². The van der Waals surface area contributed by atoms with Crippen molar-refractivity contribution in [2.75, 3.05) is 23.5 Å². The fourth-order valence-corrected chi connectivity index (χ4v) is 2.58. The molecule has 2 rings (SSSR count). The van der Waals surface area contributed by atoms with Crippen molar-refractivity contribution in [2.24, 2.45) is 0 Å². The average Bonchev–Trinajstić information content (AvgIpc) is 2.77. The number of hydrogen-bond acceptors (Lipinski definition) is 5. The Morgan fingerprint density at radius 1 is 1.45 bits per heavy atom. The predicted molar refractivity (Wildman–Crippen MR) is 73.2 cm³/mol. The van der Waals surface area contributed by atoms with Crippen molar-refractivity contribution in [1.29, 1.82) is 0 Å². The van der Waals surface area contributed by atoms with E-state index in [9.17, 15) is 14.4 Å². The molecule has 2 amide bonds. The minimum absolute atomic E-state index is 0.0166. The summed E-state index contributed by atoms with van der Waals surface area (Å²) in [4.78, 5) is 39.0. The molecule has 1 aliphatic rings. The molecule has 0 bridgehead atoms. The fourth-order valence-electron chi connectivity index (χ4n) is 1.67. The van der Waals surface area contributed by atoms with Crippen molar-refractivity contribution in [3.05, 3.63) is 24.0 Å². The summed E-state index contributed by atoms with van der Waals surface area (Å²) in [6.07, 6.45) is 1.24. The van der Waals surface area contributed by atoms with E-state index in [0.717, 1.165) is 0 Å². The molecule has 1 aliphatic heterocycles. The molecule has 0 unspecified atom stereocenters. The number of carboxylic acids is 1. The molecule has 1 fully saturated rings. The highest BCUT2D eigenvalue weighted by atomic mass is 32.2. The van der Waals surface area contributed by atoms with Crippen molar-refractivity contribution >= 4 is 35.2 Å². The smallest absolute Gasteiger partial charge is 0.309 e. The van der Waals surface area contributed by atoms with Crippen molar-refractivity contribution in [2.45, 2.75) is 6.42 Å². The summed E-state index contributed by atoms with van der Waals surface area (Å²) in [6, 6.07) is 3.13. The van der Waals surface area contributed by atoms with E-state index in [1.807, 2.05) is 0 Å². The fraction of sp³-hybridized carbons (Fsp3) is 0.333. The number of thioether (sulfide) groups is 1. The first-order valence-electron chi connectivity index (χ1n) is 5.86. The minimum Gasteiger partial charge on any atom is -0.481 e. The lowest BCUT2D eigenvalue weighted by atomic mass is 10.2. The predicted octanol–water partition coefficient (Wildman–Crippen LogP) is 0.180. The van der Waals surface area contributed by atoms with E-state index in [1.54, 1.807) is 12.1 Å². The highest BCUT2D eigenvalue weighted by Gasteiger charge is 2.22. The molecule has 0 radical (unpaired) electrons. The first-order chi connectivity index (χ1) is 9.54. The zero-order chi connectivity index (χ0) is 14.5. The zero-order valence-electron chi connectivity index (χ0n) is 10.5. The molecular weight excluding hydrogens is 282 g/mol. The van der Waals surface area contributed by atoms with E-state index in [4.69, 9.17) is 5.11 Å². The van der Waals surface area contributed by atoms with Gasteiger partial charge in [-0.3, -0.25) is 19.4 Å². The highest BCUT2D eigenvalue weighted by Crippen LogP contribution is 2.14. The maximum Gasteiger partial charge on any atom is 0.309 e. The van der Waals surface area contributed by atoms with E-state index in [1.165, 1.54) is 22.9 Å². The van der Waals surface area contributed by atoms with Crippen LogP contribution in [0.1, 0.15) is 5.69 Å². The normalized spacial score (nSPS) is 14.4. The van der Waals surface area contributed by atoms with Crippen LogP contribution in [0.3, 0.4) is 0 Å². The molecule has 8 heteroatoms. The Kier molecular flexibility index (Phi) is 4.57. The number of aromatic nitrogens is 1. The molecule has 0 aliphatic carbocycles. The van der Waals surface area contributed by atoms with Gasteiger partial charge in [0.1, 0.15) is 6.54 Å². The third kappa shape index (κ3) is 3.95. The monoisotopic (exact) mass is 295 g/mol. The number of amides is 2. The van der Waals surface area contributed by atoms with Gasteiger partial charge in [0.2, 0.25) is 11.8 Å². The molecule has 7 nitrogen and oxygen atoms in total. The van der Waals surface area contributed by atoms with Gasteiger partial charge >= 0.3 is 5.97 Å². The van der Waals surface area contributed by atoms with Crippen molar-refractivity contribution in [1.82, 2.24) is 9.88 Å². The number of carbonyl (C=O) groups is 3. The third-order valence-electron chi connectivity index (χ3n) is 2.60. The Morgan fingerprint density at radius 3 is 2.80 bits per heavy atom. The largest absolute Gasteiger partial charge is 0.481 e. The molecule has 0 aromatic carbocycles. The number of rotatable bonds is 5. The van der Waals surface area contributed by atoms with Gasteiger partial charge in [-0.05, 0) is 12.1 Å². The number of hydrogen-bond donors (Lipinski definition) is 2. The molecule has 0 saturated carbocycles. The zero-order valence-corrected chi connectivity index (χ0v) is 11.4. The van der Waals surface area contributed by atoms with Crippen LogP contribution in [0.25, 0.3) is 0 Å². The van der Waals surface area contributed by atoms with Crippen LogP contribution in [0.4, 0.5) is 5.69 Å². The van der Waals surface area contributed by atoms with Crippen LogP contribution in [0.5, 0.6) is 0 Å². The van der Waals surface area contributed by atoms with Gasteiger partial charge in [-0.25, -0.2) is 0 Å². The number of carboxylic acid groups (broad SMARTS) is 1. The highest BCUT2D eigenvalue weighted by molar-refractivity contribution is 8.00. The summed E-state index contributed by atoms with van der Waals surface area (Å²) in [5.74, 6) is -0.353. The molecular formula is C12H13N3O4S. The Balaban J connectivity index is 1.87. The number of nitrogens with zero attached hydrogens (tertiary/aromatic N) is 2. The van der Waals surface area contributed by atoms with Crippen LogP contribution in [-0.4, -0.2) is 50.9 Å². The first-order valence-corrected chi connectivity index (χ1v) is 7.02. The van der Waals surface area contributed by atoms with Gasteiger partial charge < -0.3 is 15.3 Å². The van der Waals surface area contributed by atoms with E-state index < -0.39 is 5.97 Å². The van der Waals surface area contributed by atoms with Crippen molar-refractivity contribution in [3.63, 3.8) is 0 Å². The Hall–Kier alpha value is -2.09. The molecule has 0 atom stereocenters. The van der Waals surface area contributed by atoms with Gasteiger partial charge in [-0.1, -0.05) is 0 Å². The first kappa shape index (κ1) is 14.3. The van der Waals surface area contributed by atoms with Crippen LogP contribution in [0, 0.1) is 0 Å². The maximum absolute atomic E-state index is 11.7. The number of anilines is 1. The third-order valence-corrected chi connectivity index (χ3v) is 3.55. The quantitative estimate of drug-likeness (QED) is 0.804. The topological polar surface area (TPSA) is 99.6 Å². The van der Waals surface area contributed by atoms with Gasteiger partial charge in [0, 0.05) is 0 Å². The SMILES string of the molecule is O=C(O)Cc1ccc(NC(=O)CN2CSCC2=O)cn1. The second-order valence-electron chi connectivity index (χ2n) is 4.23. The lowest BCUT2D eigenvalue weighted by molar-refractivity contribution is -0.136. The van der Waals surface area contributed by atoms with Crippen LogP contribution < -0.4 is 5.32 Å².